The van der Waals surface area contributed by atoms with E-state index >= 15 is 0 Å². The first-order chi connectivity index (χ1) is 10.9. The monoisotopic (exact) mass is 366 g/mol. The quantitative estimate of drug-likeness (QED) is 0.702. The van der Waals surface area contributed by atoms with Crippen LogP contribution in [0.1, 0.15) is 20.9 Å². The number of aryl methyl sites for hydroxylation is 2. The van der Waals surface area contributed by atoms with E-state index in [9.17, 15) is 4.79 Å². The Morgan fingerprint density at radius 1 is 1.22 bits per heavy atom. The first-order valence-corrected chi connectivity index (χ1v) is 8.42. The molecule has 1 aromatic carbocycles. The van der Waals surface area contributed by atoms with Gasteiger partial charge in [-0.1, -0.05) is 34.5 Å². The predicted molar refractivity (Wildman–Crippen MR) is 96.7 cm³/mol. The molecule has 0 aliphatic carbocycles. The zero-order chi connectivity index (χ0) is 16.7. The molecule has 23 heavy (non-hydrogen) atoms. The molecule has 3 aromatic rings. The second-order valence-corrected chi connectivity index (χ2v) is 7.10. The van der Waals surface area contributed by atoms with Crippen LogP contribution in [0.3, 0.4) is 0 Å². The third-order valence-corrected chi connectivity index (χ3v) is 5.33. The van der Waals surface area contributed by atoms with Gasteiger partial charge in [-0.25, -0.2) is 0 Å². The van der Waals surface area contributed by atoms with Crippen molar-refractivity contribution in [2.24, 2.45) is 0 Å². The number of rotatable bonds is 2. The van der Waals surface area contributed by atoms with Crippen LogP contribution in [0.15, 0.2) is 24.3 Å². The van der Waals surface area contributed by atoms with Crippen LogP contribution in [-0.4, -0.2) is 5.91 Å². The van der Waals surface area contributed by atoms with Gasteiger partial charge >= 0.3 is 0 Å². The van der Waals surface area contributed by atoms with Crippen molar-refractivity contribution in [3.05, 3.63) is 50.4 Å². The number of carbonyl (C=O) groups excluding carboxylic acids is 1. The average molecular weight is 367 g/mol. The Labute approximate surface area is 147 Å². The second kappa shape index (κ2) is 6.00. The summed E-state index contributed by atoms with van der Waals surface area (Å²) in [6, 6.07) is 6.94. The highest BCUT2D eigenvalue weighted by molar-refractivity contribution is 7.20. The first kappa shape index (κ1) is 16.1. The van der Waals surface area contributed by atoms with Crippen LogP contribution in [0.25, 0.3) is 10.2 Å². The standard InChI is InChI=1S/C16H13Cl2N3OS/c1-7-5-8(2)20-16-12(7)13(19)14(23-16)15(22)21-9-3-4-10(17)11(18)6-9/h3-6H,19H2,1-2H3,(H,21,22)/p+1. The third-order valence-electron chi connectivity index (χ3n) is 3.47. The molecule has 2 heterocycles. The van der Waals surface area contributed by atoms with Crippen molar-refractivity contribution in [2.45, 2.75) is 13.8 Å². The molecule has 4 N–H and O–H groups in total. The van der Waals surface area contributed by atoms with E-state index in [1.807, 2.05) is 19.9 Å². The molecule has 4 nitrogen and oxygen atoms in total. The summed E-state index contributed by atoms with van der Waals surface area (Å²) in [5.74, 6) is -0.271. The number of nitrogen functional groups attached to an aromatic ring is 1. The van der Waals surface area contributed by atoms with Crippen molar-refractivity contribution >= 4 is 62.0 Å². The maximum atomic E-state index is 12.5. The molecule has 0 aliphatic rings. The molecule has 0 bridgehead atoms. The third kappa shape index (κ3) is 3.00. The fourth-order valence-electron chi connectivity index (χ4n) is 2.47. The van der Waals surface area contributed by atoms with E-state index in [-0.39, 0.29) is 5.91 Å². The SMILES string of the molecule is Cc1cc(C)c2c(N)c(C(=O)Nc3ccc(Cl)c(Cl)c3)sc2[nH+]1. The molecular weight excluding hydrogens is 353 g/mol. The molecule has 7 heteroatoms. The molecule has 0 unspecified atom stereocenters. The number of benzene rings is 1. The number of hydrogen-bond donors (Lipinski definition) is 2. The van der Waals surface area contributed by atoms with E-state index in [0.29, 0.717) is 26.3 Å². The molecule has 118 valence electrons. The lowest BCUT2D eigenvalue weighted by Gasteiger charge is -2.05. The summed E-state index contributed by atoms with van der Waals surface area (Å²) in [6.07, 6.45) is 0. The zero-order valence-corrected chi connectivity index (χ0v) is 14.8. The van der Waals surface area contributed by atoms with Crippen molar-refractivity contribution in [1.29, 1.82) is 0 Å². The number of H-pyrrole nitrogens is 1. The lowest BCUT2D eigenvalue weighted by Crippen LogP contribution is -2.11. The number of aromatic nitrogens is 1. The Morgan fingerprint density at radius 3 is 2.65 bits per heavy atom. The molecule has 0 saturated heterocycles. The Kier molecular flexibility index (Phi) is 4.19. The summed E-state index contributed by atoms with van der Waals surface area (Å²) in [7, 11) is 0. The maximum absolute atomic E-state index is 12.5. The van der Waals surface area contributed by atoms with E-state index in [0.717, 1.165) is 21.5 Å². The largest absolute Gasteiger partial charge is 0.397 e. The summed E-state index contributed by atoms with van der Waals surface area (Å²) in [4.78, 5) is 17.1. The van der Waals surface area contributed by atoms with Gasteiger partial charge in [-0.3, -0.25) is 4.79 Å². The Morgan fingerprint density at radius 2 is 1.96 bits per heavy atom. The number of fused-ring (bicyclic) bond motifs is 1. The van der Waals surface area contributed by atoms with Crippen LogP contribution in [0, 0.1) is 13.8 Å². The molecule has 0 aliphatic heterocycles. The first-order valence-electron chi connectivity index (χ1n) is 6.84. The predicted octanol–water partition coefficient (Wildman–Crippen LogP) is 4.47. The lowest BCUT2D eigenvalue weighted by molar-refractivity contribution is -0.351. The number of nitrogens with two attached hydrogens (primary N) is 1. The fraction of sp³-hybridized carbons (Fsp3) is 0.125. The minimum Gasteiger partial charge on any atom is -0.397 e. The highest BCUT2D eigenvalue weighted by Gasteiger charge is 2.22. The minimum atomic E-state index is -0.271. The molecule has 0 saturated carbocycles. The minimum absolute atomic E-state index is 0.271. The number of hydrogen-bond acceptors (Lipinski definition) is 3. The molecule has 0 spiro atoms. The second-order valence-electron chi connectivity index (χ2n) is 5.27. The van der Waals surface area contributed by atoms with E-state index < -0.39 is 0 Å². The highest BCUT2D eigenvalue weighted by atomic mass is 35.5. The molecule has 0 atom stereocenters. The number of anilines is 2. The number of amides is 1. The number of thiophene rings is 1. The van der Waals surface area contributed by atoms with Crippen LogP contribution in [0.4, 0.5) is 11.4 Å². The van der Waals surface area contributed by atoms with Gasteiger partial charge in [-0.15, -0.1) is 0 Å². The smallest absolute Gasteiger partial charge is 0.270 e. The fourth-order valence-corrected chi connectivity index (χ4v) is 3.91. The van der Waals surface area contributed by atoms with Gasteiger partial charge in [0.05, 0.1) is 21.1 Å². The van der Waals surface area contributed by atoms with E-state index in [1.54, 1.807) is 18.2 Å². The summed E-state index contributed by atoms with van der Waals surface area (Å²) >= 11 is 13.2. The summed E-state index contributed by atoms with van der Waals surface area (Å²) in [5.41, 5.74) is 9.29. The topological polar surface area (TPSA) is 69.3 Å². The Bertz CT molecular complexity index is 937. The Hall–Kier alpha value is -1.82. The molecule has 3 rings (SSSR count). The number of nitrogens with one attached hydrogen (secondary N) is 2. The van der Waals surface area contributed by atoms with Crippen molar-refractivity contribution in [1.82, 2.24) is 0 Å². The van der Waals surface area contributed by atoms with Crippen molar-refractivity contribution in [3.63, 3.8) is 0 Å². The van der Waals surface area contributed by atoms with Gasteiger partial charge in [0.15, 0.2) is 5.69 Å². The molecule has 2 aromatic heterocycles. The van der Waals surface area contributed by atoms with Crippen molar-refractivity contribution in [2.75, 3.05) is 11.1 Å². The van der Waals surface area contributed by atoms with Gasteiger partial charge < -0.3 is 11.1 Å². The van der Waals surface area contributed by atoms with Crippen molar-refractivity contribution in [3.8, 4) is 0 Å². The zero-order valence-electron chi connectivity index (χ0n) is 12.5. The molecule has 0 radical (unpaired) electrons. The lowest BCUT2D eigenvalue weighted by atomic mass is 10.1. The molecule has 1 amide bonds. The van der Waals surface area contributed by atoms with Crippen molar-refractivity contribution < 1.29 is 9.78 Å². The van der Waals surface area contributed by atoms with Crippen LogP contribution >= 0.6 is 34.5 Å². The normalized spacial score (nSPS) is 11.0. The van der Waals surface area contributed by atoms with Gasteiger partial charge in [0, 0.05) is 18.7 Å². The number of aromatic amines is 1. The van der Waals surface area contributed by atoms with Crippen LogP contribution in [0.5, 0.6) is 0 Å². The van der Waals surface area contributed by atoms with Crippen LogP contribution in [-0.2, 0) is 0 Å². The average Bonchev–Trinajstić information content (AvgIpc) is 2.80. The molecule has 0 fully saturated rings. The van der Waals surface area contributed by atoms with Gasteiger partial charge in [0.25, 0.3) is 10.7 Å². The van der Waals surface area contributed by atoms with Crippen LogP contribution < -0.4 is 16.0 Å². The molecular formula is C16H14Cl2N3OS+. The van der Waals surface area contributed by atoms with Gasteiger partial charge in [0.1, 0.15) is 4.88 Å². The highest BCUT2D eigenvalue weighted by Crippen LogP contribution is 2.34. The maximum Gasteiger partial charge on any atom is 0.270 e. The summed E-state index contributed by atoms with van der Waals surface area (Å²) in [6.45, 7) is 3.95. The van der Waals surface area contributed by atoms with E-state index in [1.165, 1.54) is 11.3 Å². The summed E-state index contributed by atoms with van der Waals surface area (Å²) < 4.78 is 0. The van der Waals surface area contributed by atoms with E-state index in [2.05, 4.69) is 10.3 Å². The van der Waals surface area contributed by atoms with Crippen LogP contribution in [0.2, 0.25) is 10.0 Å². The number of pyridine rings is 1. The number of carbonyl (C=O) groups is 1. The van der Waals surface area contributed by atoms with Gasteiger partial charge in [-0.2, -0.15) is 4.98 Å². The Balaban J connectivity index is 1.99. The van der Waals surface area contributed by atoms with Gasteiger partial charge in [-0.05, 0) is 30.7 Å². The van der Waals surface area contributed by atoms with E-state index in [4.69, 9.17) is 28.9 Å². The number of halogens is 2. The van der Waals surface area contributed by atoms with Gasteiger partial charge in [0.2, 0.25) is 0 Å². The summed E-state index contributed by atoms with van der Waals surface area (Å²) in [5, 5.41) is 4.51.